The lowest BCUT2D eigenvalue weighted by atomic mass is 10.2. The van der Waals surface area contributed by atoms with Gasteiger partial charge in [-0.3, -0.25) is 4.57 Å². The Hall–Kier alpha value is -1.49. The van der Waals surface area contributed by atoms with Gasteiger partial charge in [-0.15, -0.1) is 0 Å². The zero-order valence-corrected chi connectivity index (χ0v) is 10.5. The molecule has 0 aliphatic carbocycles. The van der Waals surface area contributed by atoms with Crippen LogP contribution in [0.15, 0.2) is 24.5 Å². The van der Waals surface area contributed by atoms with Crippen LogP contribution in [0.3, 0.4) is 0 Å². The fraction of sp³-hybridized carbons (Fsp3) is 0.462. The lowest BCUT2D eigenvalue weighted by Gasteiger charge is -2.06. The van der Waals surface area contributed by atoms with Gasteiger partial charge in [0.1, 0.15) is 5.65 Å². The monoisotopic (exact) mass is 253 g/mol. The van der Waals surface area contributed by atoms with E-state index >= 15 is 0 Å². The predicted octanol–water partition coefficient (Wildman–Crippen LogP) is 3.18. The summed E-state index contributed by atoms with van der Waals surface area (Å²) >= 11 is 0. The van der Waals surface area contributed by atoms with Crippen LogP contribution in [0.5, 0.6) is 0 Å². The number of nitrogens with zero attached hydrogens (tertiary/aromatic N) is 2. The molecular formula is C13H17F2N3. The van der Waals surface area contributed by atoms with E-state index in [9.17, 15) is 8.78 Å². The molecule has 2 aromatic rings. The summed E-state index contributed by atoms with van der Waals surface area (Å²) in [5, 5.41) is 4.05. The van der Waals surface area contributed by atoms with Crippen molar-refractivity contribution in [1.29, 1.82) is 0 Å². The first-order valence-corrected chi connectivity index (χ1v) is 6.03. The van der Waals surface area contributed by atoms with Crippen molar-refractivity contribution in [2.75, 3.05) is 6.54 Å². The van der Waals surface area contributed by atoms with E-state index in [2.05, 4.69) is 24.1 Å². The molecule has 18 heavy (non-hydrogen) atoms. The Bertz CT molecular complexity index is 520. The lowest BCUT2D eigenvalue weighted by Crippen LogP contribution is -2.18. The molecule has 1 N–H and O–H groups in total. The number of nitrogens with one attached hydrogen (secondary N) is 1. The molecule has 0 aliphatic rings. The van der Waals surface area contributed by atoms with Crippen LogP contribution in [-0.2, 0) is 6.54 Å². The third kappa shape index (κ3) is 2.67. The van der Waals surface area contributed by atoms with Gasteiger partial charge in [0.25, 0.3) is 0 Å². The maximum absolute atomic E-state index is 12.9. The summed E-state index contributed by atoms with van der Waals surface area (Å²) < 4.78 is 26.6. The van der Waals surface area contributed by atoms with Gasteiger partial charge in [-0.25, -0.2) is 4.98 Å². The van der Waals surface area contributed by atoms with Gasteiger partial charge in [0.15, 0.2) is 0 Å². The maximum Gasteiger partial charge on any atom is 0.320 e. The summed E-state index contributed by atoms with van der Waals surface area (Å²) in [6.45, 7) is 3.11. The number of rotatable bonds is 5. The van der Waals surface area contributed by atoms with E-state index in [1.54, 1.807) is 6.07 Å². The van der Waals surface area contributed by atoms with E-state index in [1.165, 1.54) is 12.4 Å². The van der Waals surface area contributed by atoms with E-state index in [0.29, 0.717) is 18.1 Å². The standard InChI is InChI=1S/C13H17F2N3/c1-9(2)6-16-7-10-8-18(13(14)15)12-11(10)4-3-5-17-12/h3-5,8-9,13,16H,6-7H2,1-2H3. The minimum Gasteiger partial charge on any atom is -0.312 e. The molecule has 2 aromatic heterocycles. The van der Waals surface area contributed by atoms with Gasteiger partial charge in [0, 0.05) is 24.3 Å². The molecule has 0 aliphatic heterocycles. The molecule has 0 radical (unpaired) electrons. The van der Waals surface area contributed by atoms with Crippen LogP contribution in [0.25, 0.3) is 11.0 Å². The summed E-state index contributed by atoms with van der Waals surface area (Å²) in [6.07, 6.45) is 3.02. The predicted molar refractivity (Wildman–Crippen MR) is 67.5 cm³/mol. The van der Waals surface area contributed by atoms with Crippen LogP contribution in [0.2, 0.25) is 0 Å². The number of aromatic nitrogens is 2. The van der Waals surface area contributed by atoms with Gasteiger partial charge in [-0.2, -0.15) is 8.78 Å². The summed E-state index contributed by atoms with van der Waals surface area (Å²) in [5.41, 5.74) is 1.20. The summed E-state index contributed by atoms with van der Waals surface area (Å²) in [7, 11) is 0. The van der Waals surface area contributed by atoms with Crippen molar-refractivity contribution in [1.82, 2.24) is 14.9 Å². The maximum atomic E-state index is 12.9. The van der Waals surface area contributed by atoms with Crippen LogP contribution in [0.1, 0.15) is 26.0 Å². The molecule has 3 nitrogen and oxygen atoms in total. The molecule has 2 heterocycles. The Morgan fingerprint density at radius 3 is 2.83 bits per heavy atom. The number of hydrogen-bond donors (Lipinski definition) is 1. The van der Waals surface area contributed by atoms with Gasteiger partial charge < -0.3 is 5.32 Å². The van der Waals surface area contributed by atoms with Gasteiger partial charge in [-0.1, -0.05) is 13.8 Å². The zero-order valence-electron chi connectivity index (χ0n) is 10.5. The third-order valence-corrected chi connectivity index (χ3v) is 2.75. The van der Waals surface area contributed by atoms with Crippen LogP contribution < -0.4 is 5.32 Å². The smallest absolute Gasteiger partial charge is 0.312 e. The first kappa shape index (κ1) is 13.0. The number of halogens is 2. The molecule has 2 rings (SSSR count). The molecule has 0 saturated heterocycles. The van der Waals surface area contributed by atoms with Gasteiger partial charge in [0.2, 0.25) is 0 Å². The Morgan fingerprint density at radius 2 is 2.17 bits per heavy atom. The van der Waals surface area contributed by atoms with Gasteiger partial charge in [-0.05, 0) is 30.2 Å². The van der Waals surface area contributed by atoms with Crippen molar-refractivity contribution in [2.45, 2.75) is 26.9 Å². The molecule has 0 bridgehead atoms. The first-order valence-electron chi connectivity index (χ1n) is 6.03. The van der Waals surface area contributed by atoms with Crippen molar-refractivity contribution in [3.63, 3.8) is 0 Å². The van der Waals surface area contributed by atoms with E-state index in [1.807, 2.05) is 6.07 Å². The lowest BCUT2D eigenvalue weighted by molar-refractivity contribution is 0.0745. The van der Waals surface area contributed by atoms with Crippen molar-refractivity contribution >= 4 is 11.0 Å². The minimum absolute atomic E-state index is 0.342. The SMILES string of the molecule is CC(C)CNCc1cn(C(F)F)c2ncccc12. The summed E-state index contributed by atoms with van der Waals surface area (Å²) in [5.74, 6) is 0.534. The highest BCUT2D eigenvalue weighted by molar-refractivity contribution is 5.80. The average molecular weight is 253 g/mol. The minimum atomic E-state index is -2.55. The first-order chi connectivity index (χ1) is 8.59. The molecular weight excluding hydrogens is 236 g/mol. The summed E-state index contributed by atoms with van der Waals surface area (Å²) in [6, 6.07) is 3.59. The molecule has 0 saturated carbocycles. The second kappa shape index (κ2) is 5.44. The quantitative estimate of drug-likeness (QED) is 0.887. The topological polar surface area (TPSA) is 29.9 Å². The molecule has 0 fully saturated rings. The highest BCUT2D eigenvalue weighted by atomic mass is 19.3. The largest absolute Gasteiger partial charge is 0.320 e. The van der Waals surface area contributed by atoms with Crippen molar-refractivity contribution in [3.05, 3.63) is 30.1 Å². The van der Waals surface area contributed by atoms with E-state index < -0.39 is 6.55 Å². The molecule has 98 valence electrons. The van der Waals surface area contributed by atoms with Crippen LogP contribution >= 0.6 is 0 Å². The average Bonchev–Trinajstić information content (AvgIpc) is 2.68. The molecule has 0 atom stereocenters. The molecule has 0 unspecified atom stereocenters. The van der Waals surface area contributed by atoms with Crippen molar-refractivity contribution in [2.24, 2.45) is 5.92 Å². The van der Waals surface area contributed by atoms with E-state index in [0.717, 1.165) is 22.1 Å². The normalized spacial score (nSPS) is 11.9. The Kier molecular flexibility index (Phi) is 3.91. The Labute approximate surface area is 105 Å². The number of alkyl halides is 2. The fourth-order valence-corrected chi connectivity index (χ4v) is 1.94. The molecule has 5 heteroatoms. The Balaban J connectivity index is 2.27. The number of pyridine rings is 1. The molecule has 0 amide bonds. The Morgan fingerprint density at radius 1 is 1.39 bits per heavy atom. The number of fused-ring (bicyclic) bond motifs is 1. The third-order valence-electron chi connectivity index (χ3n) is 2.75. The zero-order chi connectivity index (χ0) is 13.1. The van der Waals surface area contributed by atoms with Crippen molar-refractivity contribution in [3.8, 4) is 0 Å². The number of hydrogen-bond acceptors (Lipinski definition) is 2. The fourth-order valence-electron chi connectivity index (χ4n) is 1.94. The van der Waals surface area contributed by atoms with Gasteiger partial charge >= 0.3 is 6.55 Å². The highest BCUT2D eigenvalue weighted by Gasteiger charge is 2.14. The van der Waals surface area contributed by atoms with E-state index in [4.69, 9.17) is 0 Å². The molecule has 0 spiro atoms. The van der Waals surface area contributed by atoms with Crippen molar-refractivity contribution < 1.29 is 8.78 Å². The van der Waals surface area contributed by atoms with Gasteiger partial charge in [0.05, 0.1) is 0 Å². The van der Waals surface area contributed by atoms with Crippen LogP contribution in [0, 0.1) is 5.92 Å². The highest BCUT2D eigenvalue weighted by Crippen LogP contribution is 2.24. The van der Waals surface area contributed by atoms with E-state index in [-0.39, 0.29) is 0 Å². The van der Waals surface area contributed by atoms with Crippen LogP contribution in [-0.4, -0.2) is 16.1 Å². The summed E-state index contributed by atoms with van der Waals surface area (Å²) in [4.78, 5) is 4.02. The molecule has 0 aromatic carbocycles. The second-order valence-electron chi connectivity index (χ2n) is 4.74. The second-order valence-corrected chi connectivity index (χ2v) is 4.74. The van der Waals surface area contributed by atoms with Crippen LogP contribution in [0.4, 0.5) is 8.78 Å².